The summed E-state index contributed by atoms with van der Waals surface area (Å²) in [5.41, 5.74) is 0.0476. The summed E-state index contributed by atoms with van der Waals surface area (Å²) in [6.07, 6.45) is 1.72. The number of sulfonamides is 1. The molecule has 0 saturated heterocycles. The summed E-state index contributed by atoms with van der Waals surface area (Å²) in [6.45, 7) is 5.25. The normalized spacial score (nSPS) is 12.6. The number of nitrogens with zero attached hydrogens (tertiary/aromatic N) is 2. The summed E-state index contributed by atoms with van der Waals surface area (Å²) in [5, 5.41) is 8.77. The lowest BCUT2D eigenvalue weighted by atomic mass is 10.1. The molecule has 6 nitrogen and oxygen atoms in total. The third-order valence-corrected chi connectivity index (χ3v) is 5.08. The van der Waals surface area contributed by atoms with Gasteiger partial charge in [0.2, 0.25) is 10.0 Å². The molecule has 0 radical (unpaired) electrons. The quantitative estimate of drug-likeness (QED) is 0.824. The fourth-order valence-corrected chi connectivity index (χ4v) is 3.87. The first-order valence-corrected chi connectivity index (χ1v) is 8.36. The van der Waals surface area contributed by atoms with Gasteiger partial charge in [0.1, 0.15) is 0 Å². The lowest BCUT2D eigenvalue weighted by Gasteiger charge is -2.34. The van der Waals surface area contributed by atoms with Crippen molar-refractivity contribution in [3.63, 3.8) is 0 Å². The second-order valence-corrected chi connectivity index (χ2v) is 7.79. The van der Waals surface area contributed by atoms with E-state index in [1.165, 1.54) is 4.31 Å². The zero-order valence-corrected chi connectivity index (χ0v) is 13.4. The molecule has 0 aliphatic carbocycles. The minimum atomic E-state index is -3.54. The predicted molar refractivity (Wildman–Crippen MR) is 80.4 cm³/mol. The highest BCUT2D eigenvalue weighted by Crippen LogP contribution is 2.19. The first-order valence-electron chi connectivity index (χ1n) is 6.75. The average Bonchev–Trinajstić information content (AvgIpc) is 2.35. The van der Waals surface area contributed by atoms with Crippen LogP contribution >= 0.6 is 0 Å². The maximum absolute atomic E-state index is 12.5. The van der Waals surface area contributed by atoms with Crippen LogP contribution < -0.4 is 0 Å². The third kappa shape index (κ3) is 5.81. The van der Waals surface area contributed by atoms with Crippen LogP contribution in [-0.2, 0) is 21.2 Å². The molecule has 0 unspecified atom stereocenters. The Hall–Kier alpha value is -1.47. The largest absolute Gasteiger partial charge is 0.481 e. The van der Waals surface area contributed by atoms with E-state index in [0.29, 0.717) is 12.1 Å². The summed E-state index contributed by atoms with van der Waals surface area (Å²) < 4.78 is 26.2. The maximum Gasteiger partial charge on any atom is 0.304 e. The number of aryl methyl sites for hydroxylation is 1. The smallest absolute Gasteiger partial charge is 0.304 e. The molecule has 7 heteroatoms. The minimum absolute atomic E-state index is 0.0244. The highest BCUT2D eigenvalue weighted by Gasteiger charge is 2.32. The van der Waals surface area contributed by atoms with Gasteiger partial charge in [-0.1, -0.05) is 6.07 Å². The average molecular weight is 314 g/mol. The summed E-state index contributed by atoms with van der Waals surface area (Å²) in [6, 6.07) is 5.35. The maximum atomic E-state index is 12.5. The SMILES string of the molecule is CC(C)(C)N(CCC(=O)O)S(=O)(=O)CCc1ccccn1. The zero-order valence-electron chi connectivity index (χ0n) is 12.6. The van der Waals surface area contributed by atoms with E-state index in [1.54, 1.807) is 45.2 Å². The highest BCUT2D eigenvalue weighted by atomic mass is 32.2. The Morgan fingerprint density at radius 1 is 1.33 bits per heavy atom. The molecule has 118 valence electrons. The molecule has 1 heterocycles. The van der Waals surface area contributed by atoms with E-state index in [1.807, 2.05) is 0 Å². The topological polar surface area (TPSA) is 87.6 Å². The van der Waals surface area contributed by atoms with E-state index < -0.39 is 21.5 Å². The Balaban J connectivity index is 2.81. The van der Waals surface area contributed by atoms with Crippen molar-refractivity contribution in [2.24, 2.45) is 0 Å². The Bertz CT molecular complexity index is 564. The third-order valence-electron chi connectivity index (χ3n) is 2.96. The van der Waals surface area contributed by atoms with Gasteiger partial charge >= 0.3 is 5.97 Å². The van der Waals surface area contributed by atoms with Crippen molar-refractivity contribution in [1.29, 1.82) is 0 Å². The van der Waals surface area contributed by atoms with Crippen LogP contribution in [-0.4, -0.2) is 46.6 Å². The van der Waals surface area contributed by atoms with Crippen molar-refractivity contribution < 1.29 is 18.3 Å². The lowest BCUT2D eigenvalue weighted by molar-refractivity contribution is -0.137. The van der Waals surface area contributed by atoms with E-state index in [2.05, 4.69) is 4.98 Å². The molecule has 0 aliphatic rings. The lowest BCUT2D eigenvalue weighted by Crippen LogP contribution is -2.47. The molecule has 21 heavy (non-hydrogen) atoms. The molecule has 0 bridgehead atoms. The molecule has 0 saturated carbocycles. The van der Waals surface area contributed by atoms with Crippen LogP contribution in [0.2, 0.25) is 0 Å². The number of carbonyl (C=O) groups is 1. The molecule has 0 aliphatic heterocycles. The fraction of sp³-hybridized carbons (Fsp3) is 0.571. The first kappa shape index (κ1) is 17.6. The minimum Gasteiger partial charge on any atom is -0.481 e. The Morgan fingerprint density at radius 2 is 2.00 bits per heavy atom. The number of rotatable bonds is 7. The van der Waals surface area contributed by atoms with Gasteiger partial charge in [0, 0.05) is 30.4 Å². The van der Waals surface area contributed by atoms with Crippen LogP contribution in [0.5, 0.6) is 0 Å². The number of pyridine rings is 1. The van der Waals surface area contributed by atoms with Gasteiger partial charge in [-0.15, -0.1) is 0 Å². The standard InChI is InChI=1S/C14H22N2O4S/c1-14(2,3)16(10-7-13(17)18)21(19,20)11-8-12-6-4-5-9-15-12/h4-6,9H,7-8,10-11H2,1-3H3,(H,17,18). The number of carboxylic acids is 1. The van der Waals surface area contributed by atoms with E-state index >= 15 is 0 Å². The van der Waals surface area contributed by atoms with Gasteiger partial charge in [-0.05, 0) is 32.9 Å². The Kier molecular flexibility index (Phi) is 5.86. The molecule has 1 N–H and O–H groups in total. The van der Waals surface area contributed by atoms with Crippen molar-refractivity contribution >= 4 is 16.0 Å². The predicted octanol–water partition coefficient (Wildman–Crippen LogP) is 1.53. The van der Waals surface area contributed by atoms with Gasteiger partial charge < -0.3 is 5.11 Å². The molecule has 0 fully saturated rings. The zero-order chi connectivity index (χ0) is 16.1. The van der Waals surface area contributed by atoms with Crippen molar-refractivity contribution in [3.05, 3.63) is 30.1 Å². The number of aliphatic carboxylic acids is 1. The Labute approximate surface area is 125 Å². The molecule has 0 atom stereocenters. The fourth-order valence-electron chi connectivity index (χ4n) is 1.98. The van der Waals surface area contributed by atoms with Gasteiger partial charge in [-0.2, -0.15) is 4.31 Å². The van der Waals surface area contributed by atoms with Crippen LogP contribution in [0.4, 0.5) is 0 Å². The van der Waals surface area contributed by atoms with Crippen LogP contribution in [0.3, 0.4) is 0 Å². The van der Waals surface area contributed by atoms with E-state index in [4.69, 9.17) is 5.11 Å². The molecule has 0 amide bonds. The van der Waals surface area contributed by atoms with Gasteiger partial charge in [0.05, 0.1) is 12.2 Å². The molecule has 0 aromatic carbocycles. The van der Waals surface area contributed by atoms with Crippen LogP contribution in [0.1, 0.15) is 32.9 Å². The van der Waals surface area contributed by atoms with Crippen molar-refractivity contribution in [2.45, 2.75) is 39.2 Å². The summed E-state index contributed by atoms with van der Waals surface area (Å²) in [4.78, 5) is 14.8. The second-order valence-electron chi connectivity index (χ2n) is 5.77. The number of aromatic nitrogens is 1. The van der Waals surface area contributed by atoms with Gasteiger partial charge in [-0.25, -0.2) is 8.42 Å². The highest BCUT2D eigenvalue weighted by molar-refractivity contribution is 7.89. The molecule has 1 aromatic heterocycles. The van der Waals surface area contributed by atoms with E-state index in [9.17, 15) is 13.2 Å². The van der Waals surface area contributed by atoms with Crippen molar-refractivity contribution in [1.82, 2.24) is 9.29 Å². The van der Waals surface area contributed by atoms with Crippen molar-refractivity contribution in [2.75, 3.05) is 12.3 Å². The molecular formula is C14H22N2O4S. The van der Waals surface area contributed by atoms with E-state index in [-0.39, 0.29) is 18.7 Å². The van der Waals surface area contributed by atoms with Gasteiger partial charge in [-0.3, -0.25) is 9.78 Å². The molecular weight excluding hydrogens is 292 g/mol. The summed E-state index contributed by atoms with van der Waals surface area (Å²) in [5.74, 6) is -1.09. The molecule has 1 rings (SSSR count). The van der Waals surface area contributed by atoms with Gasteiger partial charge in [0.15, 0.2) is 0 Å². The monoisotopic (exact) mass is 314 g/mol. The van der Waals surface area contributed by atoms with Gasteiger partial charge in [0.25, 0.3) is 0 Å². The van der Waals surface area contributed by atoms with Crippen LogP contribution in [0, 0.1) is 0 Å². The van der Waals surface area contributed by atoms with Crippen LogP contribution in [0.25, 0.3) is 0 Å². The first-order chi connectivity index (χ1) is 9.63. The van der Waals surface area contributed by atoms with E-state index in [0.717, 1.165) is 0 Å². The number of hydrogen-bond donors (Lipinski definition) is 1. The summed E-state index contributed by atoms with van der Waals surface area (Å²) in [7, 11) is -3.54. The summed E-state index contributed by atoms with van der Waals surface area (Å²) >= 11 is 0. The van der Waals surface area contributed by atoms with Crippen LogP contribution in [0.15, 0.2) is 24.4 Å². The molecule has 0 spiro atoms. The number of hydrogen-bond acceptors (Lipinski definition) is 4. The van der Waals surface area contributed by atoms with Crippen molar-refractivity contribution in [3.8, 4) is 0 Å². The Morgan fingerprint density at radius 3 is 2.48 bits per heavy atom. The number of carboxylic acid groups (broad SMARTS) is 1. The second kappa shape index (κ2) is 7.00. The molecule has 1 aromatic rings.